The highest BCUT2D eigenvalue weighted by Gasteiger charge is 2.33. The Bertz CT molecular complexity index is 1210. The van der Waals surface area contributed by atoms with Gasteiger partial charge >= 0.3 is 6.09 Å². The van der Waals surface area contributed by atoms with E-state index in [1.165, 1.54) is 20.3 Å². The van der Waals surface area contributed by atoms with Crippen LogP contribution in [-0.2, 0) is 28.6 Å². The van der Waals surface area contributed by atoms with E-state index < -0.39 is 53.9 Å². The van der Waals surface area contributed by atoms with Crippen LogP contribution in [0.3, 0.4) is 0 Å². The molecule has 1 heterocycles. The topological polar surface area (TPSA) is 166 Å². The molecule has 1 aliphatic carbocycles. The van der Waals surface area contributed by atoms with Crippen LogP contribution in [0.1, 0.15) is 40.5 Å². The third-order valence-corrected chi connectivity index (χ3v) is 7.22. The van der Waals surface area contributed by atoms with E-state index in [4.69, 9.17) is 19.9 Å². The van der Waals surface area contributed by atoms with Crippen LogP contribution in [0.5, 0.6) is 0 Å². The average molecular weight is 586 g/mol. The number of aliphatic hydroxyl groups excluding tert-OH is 1. The van der Waals surface area contributed by atoms with Crippen molar-refractivity contribution in [3.8, 4) is 0 Å². The van der Waals surface area contributed by atoms with Gasteiger partial charge in [0, 0.05) is 43.9 Å². The second-order valence-electron chi connectivity index (χ2n) is 10.6. The Morgan fingerprint density at radius 2 is 1.90 bits per heavy atom. The van der Waals surface area contributed by atoms with E-state index in [9.17, 15) is 24.3 Å². The lowest BCUT2D eigenvalue weighted by Gasteiger charge is -2.30. The van der Waals surface area contributed by atoms with Crippen molar-refractivity contribution in [1.82, 2.24) is 10.6 Å². The van der Waals surface area contributed by atoms with Crippen molar-refractivity contribution in [2.75, 3.05) is 20.8 Å². The molecule has 11 heteroatoms. The van der Waals surface area contributed by atoms with Crippen LogP contribution in [0.4, 0.5) is 4.79 Å². The molecule has 11 nitrogen and oxygen atoms in total. The maximum atomic E-state index is 13.5. The average Bonchev–Trinajstić information content (AvgIpc) is 2.94. The van der Waals surface area contributed by atoms with Crippen molar-refractivity contribution in [2.45, 2.75) is 65.0 Å². The van der Waals surface area contributed by atoms with Crippen molar-refractivity contribution >= 4 is 23.6 Å². The van der Waals surface area contributed by atoms with Crippen LogP contribution in [0.2, 0.25) is 0 Å². The number of Topliss-reactive ketones (excluding diaryl/α,β-unsaturated/α-hetero) is 1. The zero-order chi connectivity index (χ0) is 31.6. The molecule has 2 aliphatic rings. The highest BCUT2D eigenvalue weighted by Crippen LogP contribution is 2.28. The van der Waals surface area contributed by atoms with Gasteiger partial charge in [-0.2, -0.15) is 0 Å². The number of carbonyl (C=O) groups excluding carboxylic acids is 4. The largest absolute Gasteiger partial charge is 0.439 e. The predicted molar refractivity (Wildman–Crippen MR) is 158 cm³/mol. The number of aliphatic hydroxyl groups is 1. The van der Waals surface area contributed by atoms with E-state index in [0.29, 0.717) is 12.0 Å². The van der Waals surface area contributed by atoms with Crippen LogP contribution in [0.25, 0.3) is 0 Å². The Morgan fingerprint density at radius 1 is 1.21 bits per heavy atom. The first kappa shape index (κ1) is 34.4. The van der Waals surface area contributed by atoms with Gasteiger partial charge in [-0.25, -0.2) is 4.79 Å². The summed E-state index contributed by atoms with van der Waals surface area (Å²) < 4.78 is 16.6. The van der Waals surface area contributed by atoms with Crippen molar-refractivity contribution in [3.05, 3.63) is 71.1 Å². The van der Waals surface area contributed by atoms with E-state index in [-0.39, 0.29) is 41.4 Å². The van der Waals surface area contributed by atoms with Gasteiger partial charge in [-0.1, -0.05) is 44.2 Å². The fourth-order valence-electron chi connectivity index (χ4n) is 4.95. The highest BCUT2D eigenvalue weighted by atomic mass is 16.6. The molecule has 0 aromatic heterocycles. The monoisotopic (exact) mass is 585 g/mol. The SMILES string of the molecule is C=CCNC1=C2C[C@H](C)C[C@H](OC)[C@H](O)[C@H](C)/C=C(\C)[C@H](OC(N)=O)[C@H](OC)/C=C\C=C(/C)C(=O)NC(=CC1=O)C2=O. The minimum atomic E-state index is -1.00. The summed E-state index contributed by atoms with van der Waals surface area (Å²) in [6.45, 7) is 10.9. The number of hydrogen-bond donors (Lipinski definition) is 4. The molecule has 5 N–H and O–H groups in total. The zero-order valence-corrected chi connectivity index (χ0v) is 25.1. The molecule has 42 heavy (non-hydrogen) atoms. The summed E-state index contributed by atoms with van der Waals surface area (Å²) in [7, 11) is 2.92. The van der Waals surface area contributed by atoms with Crippen LogP contribution < -0.4 is 16.4 Å². The normalized spacial score (nSPS) is 31.6. The van der Waals surface area contributed by atoms with Gasteiger partial charge in [0.05, 0.1) is 23.6 Å². The molecule has 0 unspecified atom stereocenters. The van der Waals surface area contributed by atoms with E-state index in [1.54, 1.807) is 45.1 Å². The molecule has 230 valence electrons. The highest BCUT2D eigenvalue weighted by molar-refractivity contribution is 6.23. The van der Waals surface area contributed by atoms with Gasteiger partial charge in [-0.15, -0.1) is 6.58 Å². The quantitative estimate of drug-likeness (QED) is 0.271. The smallest absolute Gasteiger partial charge is 0.405 e. The van der Waals surface area contributed by atoms with Crippen LogP contribution in [0, 0.1) is 11.8 Å². The van der Waals surface area contributed by atoms with E-state index in [1.807, 2.05) is 6.92 Å². The molecule has 0 fully saturated rings. The van der Waals surface area contributed by atoms with Crippen LogP contribution in [-0.4, -0.2) is 73.9 Å². The van der Waals surface area contributed by atoms with Crippen molar-refractivity contribution < 1.29 is 38.5 Å². The molecule has 2 amide bonds. The molecule has 2 bridgehead atoms. The Kier molecular flexibility index (Phi) is 13.1. The third-order valence-electron chi connectivity index (χ3n) is 7.22. The zero-order valence-electron chi connectivity index (χ0n) is 25.1. The number of ether oxygens (including phenoxy) is 3. The second-order valence-corrected chi connectivity index (χ2v) is 10.6. The molecule has 0 spiro atoms. The maximum Gasteiger partial charge on any atom is 0.405 e. The lowest BCUT2D eigenvalue weighted by atomic mass is 9.85. The second kappa shape index (κ2) is 16.0. The molecular formula is C31H43N3O8. The summed E-state index contributed by atoms with van der Waals surface area (Å²) in [5.41, 5.74) is 6.42. The molecule has 0 radical (unpaired) electrons. The summed E-state index contributed by atoms with van der Waals surface area (Å²) in [6.07, 6.45) is 5.34. The first-order valence-corrected chi connectivity index (χ1v) is 13.8. The number of rotatable bonds is 6. The predicted octanol–water partition coefficient (Wildman–Crippen LogP) is 2.54. The fourth-order valence-corrected chi connectivity index (χ4v) is 4.95. The lowest BCUT2D eigenvalue weighted by molar-refractivity contribution is -0.120. The molecule has 6 atom stereocenters. The number of carbonyl (C=O) groups is 4. The van der Waals surface area contributed by atoms with Crippen molar-refractivity contribution in [3.63, 3.8) is 0 Å². The number of hydrogen-bond acceptors (Lipinski definition) is 9. The Balaban J connectivity index is 2.62. The van der Waals surface area contributed by atoms with Crippen LogP contribution >= 0.6 is 0 Å². The number of ketones is 2. The van der Waals surface area contributed by atoms with E-state index in [2.05, 4.69) is 17.2 Å². The summed E-state index contributed by atoms with van der Waals surface area (Å²) in [5, 5.41) is 16.7. The summed E-state index contributed by atoms with van der Waals surface area (Å²) in [6, 6.07) is 0. The van der Waals surface area contributed by atoms with Gasteiger partial charge in [0.25, 0.3) is 5.91 Å². The van der Waals surface area contributed by atoms with Gasteiger partial charge in [0.2, 0.25) is 11.6 Å². The number of allylic oxidation sites excluding steroid dienone is 4. The van der Waals surface area contributed by atoms with Gasteiger partial charge < -0.3 is 35.7 Å². The lowest BCUT2D eigenvalue weighted by Crippen LogP contribution is -2.37. The Labute approximate surface area is 247 Å². The number of fused-ring (bicyclic) bond motifs is 2. The summed E-state index contributed by atoms with van der Waals surface area (Å²) in [5.74, 6) is -2.14. The van der Waals surface area contributed by atoms with Gasteiger partial charge in [0.15, 0.2) is 6.10 Å². The molecule has 0 saturated heterocycles. The molecule has 1 aliphatic heterocycles. The summed E-state index contributed by atoms with van der Waals surface area (Å²) in [4.78, 5) is 51.3. The van der Waals surface area contributed by atoms with Crippen molar-refractivity contribution in [2.24, 2.45) is 17.6 Å². The maximum absolute atomic E-state index is 13.5. The minimum Gasteiger partial charge on any atom is -0.439 e. The number of methoxy groups -OCH3 is 2. The number of nitrogens with two attached hydrogens (primary N) is 1. The Morgan fingerprint density at radius 3 is 2.50 bits per heavy atom. The minimum absolute atomic E-state index is 0.132. The fraction of sp³-hybridized carbons (Fsp3) is 0.484. The number of amides is 2. The molecule has 0 saturated carbocycles. The van der Waals surface area contributed by atoms with E-state index in [0.717, 1.165) is 6.08 Å². The third kappa shape index (κ3) is 9.10. The van der Waals surface area contributed by atoms with Gasteiger partial charge in [0.1, 0.15) is 6.10 Å². The van der Waals surface area contributed by atoms with Gasteiger partial charge in [-0.3, -0.25) is 14.4 Å². The number of nitrogens with one attached hydrogen (secondary N) is 2. The first-order valence-electron chi connectivity index (χ1n) is 13.8. The number of primary amides is 1. The molecule has 2 rings (SSSR count). The summed E-state index contributed by atoms with van der Waals surface area (Å²) >= 11 is 0. The van der Waals surface area contributed by atoms with Gasteiger partial charge in [-0.05, 0) is 38.2 Å². The first-order chi connectivity index (χ1) is 19.8. The van der Waals surface area contributed by atoms with Crippen molar-refractivity contribution in [1.29, 1.82) is 0 Å². The van der Waals surface area contributed by atoms with Crippen LogP contribution in [0.15, 0.2) is 71.1 Å². The molecular weight excluding hydrogens is 542 g/mol. The molecule has 0 aromatic rings. The van der Waals surface area contributed by atoms with E-state index >= 15 is 0 Å². The molecule has 0 aromatic carbocycles. The standard InChI is InChI=1S/C31H43N3O8/c1-8-12-33-26-21-13-17(2)14-25(41-7)27(36)19(4)15-20(5)29(42-31(32)39)24(40-6)11-9-10-18(3)30(38)34-22(28(21)37)16-23(26)35/h8-11,15-17,19,24-25,27,29,33,36H,1,12-14H2,2-7H3,(H2,32,39)(H,34,38)/b11-9-,18-10+,20-15+/t17-,19+,24+,25-,27+,29-/m0/s1. The Hall–Kier alpha value is -3.80.